The zero-order valence-electron chi connectivity index (χ0n) is 14.4. The number of hydrogen-bond donors (Lipinski definition) is 2. The van der Waals surface area contributed by atoms with Crippen molar-refractivity contribution in [2.75, 3.05) is 19.7 Å². The van der Waals surface area contributed by atoms with Crippen LogP contribution in [0.2, 0.25) is 0 Å². The fraction of sp³-hybridized carbons (Fsp3) is 0.444. The fourth-order valence-electron chi connectivity index (χ4n) is 2.61. The van der Waals surface area contributed by atoms with Gasteiger partial charge in [0.05, 0.1) is 6.21 Å². The maximum atomic E-state index is 12.1. The van der Waals surface area contributed by atoms with Gasteiger partial charge in [-0.2, -0.15) is 5.10 Å². The molecule has 8 nitrogen and oxygen atoms in total. The second kappa shape index (κ2) is 8.46. The number of carbonyl (C=O) groups excluding carboxylic acids is 3. The summed E-state index contributed by atoms with van der Waals surface area (Å²) >= 11 is 0. The van der Waals surface area contributed by atoms with E-state index in [1.807, 2.05) is 0 Å². The number of likely N-dealkylation sites (tertiary alicyclic amines) is 1. The van der Waals surface area contributed by atoms with Crippen molar-refractivity contribution in [1.82, 2.24) is 15.6 Å². The first-order chi connectivity index (χ1) is 12.6. The number of benzene rings is 1. The largest absolute Gasteiger partial charge is 0.483 e. The summed E-state index contributed by atoms with van der Waals surface area (Å²) < 4.78 is 5.60. The predicted octanol–water partition coefficient (Wildman–Crippen LogP) is 0.416. The highest BCUT2D eigenvalue weighted by molar-refractivity contribution is 6.35. The minimum atomic E-state index is -0.809. The highest BCUT2D eigenvalue weighted by Gasteiger charge is 2.26. The van der Waals surface area contributed by atoms with Gasteiger partial charge >= 0.3 is 11.8 Å². The van der Waals surface area contributed by atoms with Crippen LogP contribution in [0.15, 0.2) is 29.4 Å². The van der Waals surface area contributed by atoms with Crippen LogP contribution in [0.4, 0.5) is 0 Å². The first-order valence-electron chi connectivity index (χ1n) is 8.77. The quantitative estimate of drug-likeness (QED) is 0.437. The van der Waals surface area contributed by atoms with E-state index in [2.05, 4.69) is 15.8 Å². The van der Waals surface area contributed by atoms with Gasteiger partial charge in [-0.05, 0) is 37.8 Å². The molecule has 2 fully saturated rings. The molecule has 1 saturated carbocycles. The Morgan fingerprint density at radius 3 is 2.62 bits per heavy atom. The number of para-hydroxylation sites is 1. The number of amides is 3. The molecule has 1 aromatic carbocycles. The van der Waals surface area contributed by atoms with Crippen molar-refractivity contribution in [3.63, 3.8) is 0 Å². The molecule has 0 bridgehead atoms. The average Bonchev–Trinajstić information content (AvgIpc) is 3.29. The zero-order chi connectivity index (χ0) is 18.4. The van der Waals surface area contributed by atoms with Crippen LogP contribution in [0, 0.1) is 0 Å². The van der Waals surface area contributed by atoms with E-state index in [1.54, 1.807) is 29.2 Å². The summed E-state index contributed by atoms with van der Waals surface area (Å²) in [4.78, 5) is 37.0. The van der Waals surface area contributed by atoms with E-state index in [9.17, 15) is 14.4 Å². The molecule has 0 radical (unpaired) electrons. The molecular weight excluding hydrogens is 336 g/mol. The lowest BCUT2D eigenvalue weighted by molar-refractivity contribution is -0.139. The van der Waals surface area contributed by atoms with Crippen molar-refractivity contribution >= 4 is 23.9 Å². The topological polar surface area (TPSA) is 100 Å². The van der Waals surface area contributed by atoms with Crippen LogP contribution in [0.3, 0.4) is 0 Å². The van der Waals surface area contributed by atoms with Crippen LogP contribution >= 0.6 is 0 Å². The Morgan fingerprint density at radius 1 is 1.15 bits per heavy atom. The zero-order valence-corrected chi connectivity index (χ0v) is 14.4. The van der Waals surface area contributed by atoms with Gasteiger partial charge in [-0.3, -0.25) is 14.4 Å². The summed E-state index contributed by atoms with van der Waals surface area (Å²) in [6.07, 6.45) is 5.26. The molecule has 0 spiro atoms. The van der Waals surface area contributed by atoms with Crippen LogP contribution in [0.5, 0.6) is 5.75 Å². The molecule has 26 heavy (non-hydrogen) atoms. The molecule has 0 unspecified atom stereocenters. The van der Waals surface area contributed by atoms with E-state index in [0.29, 0.717) is 11.3 Å². The number of carbonyl (C=O) groups is 3. The molecule has 1 aliphatic heterocycles. The summed E-state index contributed by atoms with van der Waals surface area (Å²) in [6, 6.07) is 7.15. The molecule has 138 valence electrons. The SMILES string of the molecule is O=C(NN=Cc1ccccc1OCC(=O)N1CCCC1)C(=O)NC1CC1. The third-order valence-corrected chi connectivity index (χ3v) is 4.22. The van der Waals surface area contributed by atoms with E-state index in [1.165, 1.54) is 6.21 Å². The van der Waals surface area contributed by atoms with Crippen molar-refractivity contribution in [2.45, 2.75) is 31.7 Å². The fourth-order valence-corrected chi connectivity index (χ4v) is 2.61. The molecule has 1 aliphatic carbocycles. The number of rotatable bonds is 6. The summed E-state index contributed by atoms with van der Waals surface area (Å²) in [5, 5.41) is 6.38. The van der Waals surface area contributed by atoms with E-state index in [-0.39, 0.29) is 18.6 Å². The van der Waals surface area contributed by atoms with Crippen LogP contribution in [-0.4, -0.2) is 54.6 Å². The predicted molar refractivity (Wildman–Crippen MR) is 94.7 cm³/mol. The number of hydrogen-bond acceptors (Lipinski definition) is 5. The lowest BCUT2D eigenvalue weighted by atomic mass is 10.2. The normalized spacial score (nSPS) is 16.5. The van der Waals surface area contributed by atoms with E-state index in [4.69, 9.17) is 4.74 Å². The van der Waals surface area contributed by atoms with Crippen molar-refractivity contribution in [3.05, 3.63) is 29.8 Å². The van der Waals surface area contributed by atoms with Gasteiger partial charge < -0.3 is 15.0 Å². The second-order valence-corrected chi connectivity index (χ2v) is 6.36. The third-order valence-electron chi connectivity index (χ3n) is 4.22. The molecule has 1 aromatic rings. The van der Waals surface area contributed by atoms with E-state index in [0.717, 1.165) is 38.8 Å². The van der Waals surface area contributed by atoms with E-state index < -0.39 is 11.8 Å². The summed E-state index contributed by atoms with van der Waals surface area (Å²) in [5.74, 6) is -1.05. The van der Waals surface area contributed by atoms with Crippen molar-refractivity contribution in [2.24, 2.45) is 5.10 Å². The second-order valence-electron chi connectivity index (χ2n) is 6.36. The van der Waals surface area contributed by atoms with Gasteiger partial charge in [0.2, 0.25) is 0 Å². The van der Waals surface area contributed by atoms with Crippen LogP contribution in [-0.2, 0) is 14.4 Å². The highest BCUT2D eigenvalue weighted by Crippen LogP contribution is 2.18. The highest BCUT2D eigenvalue weighted by atomic mass is 16.5. The van der Waals surface area contributed by atoms with Crippen molar-refractivity contribution < 1.29 is 19.1 Å². The van der Waals surface area contributed by atoms with Crippen LogP contribution < -0.4 is 15.5 Å². The van der Waals surface area contributed by atoms with Gasteiger partial charge in [0.1, 0.15) is 5.75 Å². The van der Waals surface area contributed by atoms with Gasteiger partial charge in [-0.15, -0.1) is 0 Å². The Kier molecular flexibility index (Phi) is 5.83. The summed E-state index contributed by atoms with van der Waals surface area (Å²) in [5.41, 5.74) is 2.79. The molecule has 8 heteroatoms. The molecule has 0 atom stereocenters. The monoisotopic (exact) mass is 358 g/mol. The molecule has 3 amide bonds. The first kappa shape index (κ1) is 17.9. The molecular formula is C18H22N4O4. The maximum absolute atomic E-state index is 12.1. The molecule has 0 aromatic heterocycles. The van der Waals surface area contributed by atoms with E-state index >= 15 is 0 Å². The molecule has 1 heterocycles. The van der Waals surface area contributed by atoms with Gasteiger partial charge in [0.25, 0.3) is 5.91 Å². The number of nitrogens with one attached hydrogen (secondary N) is 2. The average molecular weight is 358 g/mol. The molecule has 3 rings (SSSR count). The molecule has 2 N–H and O–H groups in total. The Morgan fingerprint density at radius 2 is 1.88 bits per heavy atom. The minimum absolute atomic E-state index is 0.0407. The minimum Gasteiger partial charge on any atom is -0.483 e. The first-order valence-corrected chi connectivity index (χ1v) is 8.77. The Balaban J connectivity index is 1.51. The lowest BCUT2D eigenvalue weighted by Gasteiger charge is -2.16. The van der Waals surface area contributed by atoms with Gasteiger partial charge in [0.15, 0.2) is 6.61 Å². The van der Waals surface area contributed by atoms with Gasteiger partial charge in [-0.25, -0.2) is 5.43 Å². The maximum Gasteiger partial charge on any atom is 0.329 e. The lowest BCUT2D eigenvalue weighted by Crippen LogP contribution is -2.38. The smallest absolute Gasteiger partial charge is 0.329 e. The number of nitrogens with zero attached hydrogens (tertiary/aromatic N) is 2. The molecule has 1 saturated heterocycles. The van der Waals surface area contributed by atoms with Crippen LogP contribution in [0.25, 0.3) is 0 Å². The van der Waals surface area contributed by atoms with Gasteiger partial charge in [0, 0.05) is 24.7 Å². The Bertz CT molecular complexity index is 709. The number of ether oxygens (including phenoxy) is 1. The van der Waals surface area contributed by atoms with Crippen LogP contribution in [0.1, 0.15) is 31.2 Å². The van der Waals surface area contributed by atoms with Gasteiger partial charge in [-0.1, -0.05) is 12.1 Å². The van der Waals surface area contributed by atoms with Crippen molar-refractivity contribution in [1.29, 1.82) is 0 Å². The van der Waals surface area contributed by atoms with Crippen molar-refractivity contribution in [3.8, 4) is 5.75 Å². The molecule has 2 aliphatic rings. The summed E-state index contributed by atoms with van der Waals surface area (Å²) in [6.45, 7) is 1.52. The summed E-state index contributed by atoms with van der Waals surface area (Å²) in [7, 11) is 0. The third kappa shape index (κ3) is 5.05. The number of hydrazone groups is 1. The Hall–Kier alpha value is -2.90. The Labute approximate surface area is 151 Å². The standard InChI is InChI=1S/C18H22N4O4/c23-16(22-9-3-4-10-22)12-26-15-6-2-1-5-13(15)11-19-21-18(25)17(24)20-14-7-8-14/h1-2,5-6,11,14H,3-4,7-10,12H2,(H,20,24)(H,21,25).